The van der Waals surface area contributed by atoms with Gasteiger partial charge in [-0.3, -0.25) is 24.4 Å². The summed E-state index contributed by atoms with van der Waals surface area (Å²) >= 11 is 0. The highest BCUT2D eigenvalue weighted by molar-refractivity contribution is 6.06. The van der Waals surface area contributed by atoms with E-state index in [0.717, 1.165) is 11.4 Å². The van der Waals surface area contributed by atoms with Gasteiger partial charge < -0.3 is 39.4 Å². The third-order valence-electron chi connectivity index (χ3n) is 10.1. The molecule has 4 amide bonds. The minimum atomic E-state index is -0.703. The first kappa shape index (κ1) is 44.4. The van der Waals surface area contributed by atoms with E-state index in [-0.39, 0.29) is 41.9 Å². The third-order valence-corrected chi connectivity index (χ3v) is 10.1. The molecule has 0 aliphatic rings. The minimum Gasteiger partial charge on any atom is -0.491 e. The summed E-state index contributed by atoms with van der Waals surface area (Å²) in [7, 11) is 1.64. The van der Waals surface area contributed by atoms with Crippen LogP contribution in [0.2, 0.25) is 0 Å². The minimum absolute atomic E-state index is 0.0514. The summed E-state index contributed by atoms with van der Waals surface area (Å²) in [5.74, 6) is -0.658. The molecule has 0 spiro atoms. The van der Waals surface area contributed by atoms with Crippen molar-refractivity contribution in [2.24, 2.45) is 11.5 Å². The van der Waals surface area contributed by atoms with Crippen LogP contribution in [0.3, 0.4) is 0 Å². The molecule has 5 N–H and O–H groups in total. The number of fused-ring (bicyclic) bond motifs is 4. The van der Waals surface area contributed by atoms with E-state index in [9.17, 15) is 19.2 Å². The van der Waals surface area contributed by atoms with E-state index in [0.29, 0.717) is 83.0 Å². The normalized spacial score (nSPS) is 11.9. The quantitative estimate of drug-likeness (QED) is 0.0776. The van der Waals surface area contributed by atoms with Crippen molar-refractivity contribution in [2.45, 2.75) is 86.5 Å². The highest BCUT2D eigenvalue weighted by Crippen LogP contribution is 2.33. The highest BCUT2D eigenvalue weighted by atomic mass is 16.6. The second-order valence-corrected chi connectivity index (χ2v) is 16.1. The molecule has 0 bridgehead atoms. The van der Waals surface area contributed by atoms with Crippen LogP contribution in [-0.2, 0) is 30.8 Å². The predicted octanol–water partition coefficient (Wildman–Crippen LogP) is 5.72. The Kier molecular flexibility index (Phi) is 12.5. The number of nitrogens with zero attached hydrogens (tertiary/aromatic N) is 10. The van der Waals surface area contributed by atoms with E-state index in [1.807, 2.05) is 48.2 Å². The van der Waals surface area contributed by atoms with Gasteiger partial charge in [-0.1, -0.05) is 19.1 Å². The number of imidazole rings is 1. The summed E-state index contributed by atoms with van der Waals surface area (Å²) in [6.07, 6.45) is 5.89. The molecule has 6 heterocycles. The third kappa shape index (κ3) is 9.25. The zero-order chi connectivity index (χ0) is 46.0. The molecule has 334 valence electrons. The van der Waals surface area contributed by atoms with Crippen LogP contribution in [0.1, 0.15) is 89.7 Å². The summed E-state index contributed by atoms with van der Waals surface area (Å²) in [5.41, 5.74) is 15.6. The average molecular weight is 874 g/mol. The highest BCUT2D eigenvalue weighted by Gasteiger charge is 2.25. The summed E-state index contributed by atoms with van der Waals surface area (Å²) in [4.78, 5) is 75.9. The number of amides is 4. The topological polar surface area (TPSA) is 259 Å². The van der Waals surface area contributed by atoms with Crippen molar-refractivity contribution in [3.8, 4) is 17.3 Å². The lowest BCUT2D eigenvalue weighted by molar-refractivity contribution is 0.0291. The smallest absolute Gasteiger partial charge is 0.410 e. The number of allylic oxidation sites excluding steroid dienone is 2. The Labute approximate surface area is 367 Å². The van der Waals surface area contributed by atoms with Crippen molar-refractivity contribution >= 4 is 62.9 Å². The van der Waals surface area contributed by atoms with E-state index in [4.69, 9.17) is 35.3 Å². The molecule has 20 nitrogen and oxygen atoms in total. The Morgan fingerprint density at radius 2 is 1.70 bits per heavy atom. The molecule has 7 aromatic rings. The molecule has 64 heavy (non-hydrogen) atoms. The van der Waals surface area contributed by atoms with Crippen LogP contribution in [0.15, 0.2) is 53.1 Å². The maximum absolute atomic E-state index is 13.8. The van der Waals surface area contributed by atoms with Crippen LogP contribution in [0.4, 0.5) is 10.7 Å². The molecule has 0 unspecified atom stereocenters. The van der Waals surface area contributed by atoms with Crippen LogP contribution < -0.4 is 21.5 Å². The number of hydrogen-bond donors (Lipinski definition) is 3. The maximum atomic E-state index is 13.8. The van der Waals surface area contributed by atoms with Crippen molar-refractivity contribution in [3.05, 3.63) is 83.0 Å². The number of benzene rings is 1. The first-order chi connectivity index (χ1) is 30.5. The molecule has 6 aromatic heterocycles. The van der Waals surface area contributed by atoms with Gasteiger partial charge in [-0.05, 0) is 77.8 Å². The zero-order valence-electron chi connectivity index (χ0n) is 37.1. The van der Waals surface area contributed by atoms with Gasteiger partial charge in [0.05, 0.1) is 34.4 Å². The number of oxazole rings is 1. The van der Waals surface area contributed by atoms with Crippen molar-refractivity contribution < 1.29 is 33.1 Å². The summed E-state index contributed by atoms with van der Waals surface area (Å²) < 4.78 is 23.0. The molecule has 0 radical (unpaired) electrons. The fourth-order valence-electron chi connectivity index (χ4n) is 7.22. The summed E-state index contributed by atoms with van der Waals surface area (Å²) in [6, 6.07) is 8.32. The SMILES string of the molecule is CCc1nc(C)oc1C(=O)Nc1nc2cc(C(N)=O)cc(OCCCN(C)C(=O)OC(C)(C)C)c2n1C/C=C/Cn1c2ccc(C(N)=O)nc2c2cnc(-c3cc(C)nn3CC)nc21. The number of anilines is 1. The largest absolute Gasteiger partial charge is 0.491 e. The summed E-state index contributed by atoms with van der Waals surface area (Å²) in [5, 5.41) is 8.07. The number of nitrogens with one attached hydrogen (secondary N) is 1. The Morgan fingerprint density at radius 3 is 2.39 bits per heavy atom. The molecule has 0 saturated heterocycles. The number of nitrogens with two attached hydrogens (primary N) is 2. The second kappa shape index (κ2) is 18.0. The Morgan fingerprint density at radius 1 is 0.953 bits per heavy atom. The second-order valence-electron chi connectivity index (χ2n) is 16.1. The van der Waals surface area contributed by atoms with Crippen LogP contribution in [0, 0.1) is 13.8 Å². The number of carbonyl (C=O) groups is 4. The average Bonchev–Trinajstić information content (AvgIpc) is 4.00. The van der Waals surface area contributed by atoms with Gasteiger partial charge in [0.15, 0.2) is 11.7 Å². The number of pyridine rings is 1. The van der Waals surface area contributed by atoms with Crippen molar-refractivity contribution in [2.75, 3.05) is 25.5 Å². The standard InChI is InChI=1S/C44H51N13O7/c1-9-28-36(63-25(4)48-28)41(60)52-42-50-30-21-26(37(45)58)22-33(62-19-13-16-54(8)43(61)64-44(5,6)7)35(30)56(42)18-12-11-17-55-31-15-14-29(38(46)59)49-34(31)27-23-47-39(51-40(27)55)32-20-24(3)53-57(32)10-2/h11-12,14-15,20-23H,9-10,13,16-19H2,1-8H3,(H2,45,58)(H2,46,59)(H,50,52,60)/b12-11+. The lowest BCUT2D eigenvalue weighted by atomic mass is 10.1. The number of primary amides is 2. The zero-order valence-corrected chi connectivity index (χ0v) is 37.1. The number of aryl methyl sites for hydroxylation is 4. The van der Waals surface area contributed by atoms with Crippen molar-refractivity contribution in [1.82, 2.24) is 48.7 Å². The molecule has 0 saturated carbocycles. The molecule has 0 fully saturated rings. The summed E-state index contributed by atoms with van der Waals surface area (Å²) in [6.45, 7) is 14.3. The number of rotatable bonds is 16. The van der Waals surface area contributed by atoms with Gasteiger partial charge in [-0.25, -0.2) is 29.7 Å². The Bertz CT molecular complexity index is 2970. The van der Waals surface area contributed by atoms with Gasteiger partial charge in [-0.15, -0.1) is 0 Å². The monoisotopic (exact) mass is 873 g/mol. The number of carbonyl (C=O) groups excluding carboxylic acids is 4. The van der Waals surface area contributed by atoms with E-state index in [1.165, 1.54) is 17.0 Å². The molecule has 20 heteroatoms. The molecule has 0 atom stereocenters. The molecule has 1 aromatic carbocycles. The molecule has 0 aliphatic carbocycles. The number of ether oxygens (including phenoxy) is 2. The fourth-order valence-corrected chi connectivity index (χ4v) is 7.22. The Hall–Kier alpha value is -7.64. The van der Waals surface area contributed by atoms with Crippen LogP contribution in [-0.4, -0.2) is 98.3 Å². The van der Waals surface area contributed by atoms with Gasteiger partial charge in [-0.2, -0.15) is 5.10 Å². The first-order valence-corrected chi connectivity index (χ1v) is 20.8. The van der Waals surface area contributed by atoms with Gasteiger partial charge in [0, 0.05) is 51.9 Å². The fraction of sp³-hybridized carbons (Fsp3) is 0.364. The van der Waals surface area contributed by atoms with E-state index < -0.39 is 29.4 Å². The molecular formula is C44H51N13O7. The number of hydrogen-bond acceptors (Lipinski definition) is 13. The Balaban J connectivity index is 1.26. The molecule has 0 aliphatic heterocycles. The van der Waals surface area contributed by atoms with Crippen LogP contribution >= 0.6 is 0 Å². The van der Waals surface area contributed by atoms with Gasteiger partial charge in [0.1, 0.15) is 39.4 Å². The van der Waals surface area contributed by atoms with E-state index >= 15 is 0 Å². The van der Waals surface area contributed by atoms with Crippen molar-refractivity contribution in [1.29, 1.82) is 0 Å². The maximum Gasteiger partial charge on any atom is 0.410 e. The van der Waals surface area contributed by atoms with E-state index in [2.05, 4.69) is 25.4 Å². The first-order valence-electron chi connectivity index (χ1n) is 20.8. The predicted molar refractivity (Wildman–Crippen MR) is 238 cm³/mol. The van der Waals surface area contributed by atoms with E-state index in [1.54, 1.807) is 57.6 Å². The molecule has 7 rings (SSSR count). The van der Waals surface area contributed by atoms with Crippen molar-refractivity contribution in [3.63, 3.8) is 0 Å². The number of aromatic nitrogens is 9. The van der Waals surface area contributed by atoms with Gasteiger partial charge >= 0.3 is 6.09 Å². The van der Waals surface area contributed by atoms with Crippen LogP contribution in [0.25, 0.3) is 44.6 Å². The molecular weight excluding hydrogens is 823 g/mol. The van der Waals surface area contributed by atoms with Gasteiger partial charge in [0.2, 0.25) is 17.6 Å². The lowest BCUT2D eigenvalue weighted by Gasteiger charge is -2.24. The van der Waals surface area contributed by atoms with Crippen LogP contribution in [0.5, 0.6) is 5.75 Å². The van der Waals surface area contributed by atoms with Gasteiger partial charge in [0.25, 0.3) is 11.8 Å². The lowest BCUT2D eigenvalue weighted by Crippen LogP contribution is -2.35.